The van der Waals surface area contributed by atoms with E-state index < -0.39 is 0 Å². The van der Waals surface area contributed by atoms with Crippen molar-refractivity contribution in [3.8, 4) is 5.88 Å². The minimum absolute atomic E-state index is 0.0127. The summed E-state index contributed by atoms with van der Waals surface area (Å²) >= 11 is 0. The van der Waals surface area contributed by atoms with Gasteiger partial charge in [0.15, 0.2) is 0 Å². The van der Waals surface area contributed by atoms with E-state index in [0.717, 1.165) is 12.2 Å². The van der Waals surface area contributed by atoms with Crippen molar-refractivity contribution in [1.29, 1.82) is 0 Å². The van der Waals surface area contributed by atoms with Gasteiger partial charge in [-0.3, -0.25) is 4.79 Å². The predicted molar refractivity (Wildman–Crippen MR) is 61.2 cm³/mol. The summed E-state index contributed by atoms with van der Waals surface area (Å²) in [6, 6.07) is 5.63. The first-order chi connectivity index (χ1) is 7.72. The molecule has 1 aromatic heterocycles. The van der Waals surface area contributed by atoms with Gasteiger partial charge in [0.25, 0.3) is 0 Å². The third-order valence-electron chi connectivity index (χ3n) is 1.97. The lowest BCUT2D eigenvalue weighted by Crippen LogP contribution is -2.30. The summed E-state index contributed by atoms with van der Waals surface area (Å²) in [7, 11) is 1.59. The first-order valence-corrected chi connectivity index (χ1v) is 5.17. The van der Waals surface area contributed by atoms with Crippen LogP contribution in [0.25, 0.3) is 0 Å². The quantitative estimate of drug-likeness (QED) is 0.682. The molecule has 0 aliphatic heterocycles. The highest BCUT2D eigenvalue weighted by atomic mass is 16.5. The SMILES string of the molecule is COc1cccc(CNCCNC(C)=O)n1. The molecule has 0 aliphatic rings. The topological polar surface area (TPSA) is 63.2 Å². The number of carbonyl (C=O) groups excluding carboxylic acids is 1. The van der Waals surface area contributed by atoms with Crippen LogP contribution >= 0.6 is 0 Å². The number of pyridine rings is 1. The van der Waals surface area contributed by atoms with Gasteiger partial charge in [-0.25, -0.2) is 4.98 Å². The minimum atomic E-state index is -0.0127. The lowest BCUT2D eigenvalue weighted by Gasteiger charge is -2.06. The summed E-state index contributed by atoms with van der Waals surface area (Å²) in [5.74, 6) is 0.600. The molecule has 0 radical (unpaired) electrons. The molecule has 0 saturated carbocycles. The molecule has 2 N–H and O–H groups in total. The fourth-order valence-electron chi connectivity index (χ4n) is 1.21. The molecule has 0 aliphatic carbocycles. The third-order valence-corrected chi connectivity index (χ3v) is 1.97. The molecule has 0 aromatic carbocycles. The number of ether oxygens (including phenoxy) is 1. The van der Waals surface area contributed by atoms with E-state index in [1.165, 1.54) is 6.92 Å². The van der Waals surface area contributed by atoms with E-state index in [0.29, 0.717) is 19.0 Å². The number of aromatic nitrogens is 1. The monoisotopic (exact) mass is 223 g/mol. The van der Waals surface area contributed by atoms with Crippen LogP contribution in [0.3, 0.4) is 0 Å². The van der Waals surface area contributed by atoms with E-state index >= 15 is 0 Å². The summed E-state index contributed by atoms with van der Waals surface area (Å²) in [6.07, 6.45) is 0. The molecule has 0 atom stereocenters. The van der Waals surface area contributed by atoms with Gasteiger partial charge in [-0.15, -0.1) is 0 Å². The van der Waals surface area contributed by atoms with Crippen LogP contribution in [0.5, 0.6) is 5.88 Å². The van der Waals surface area contributed by atoms with Crippen molar-refractivity contribution < 1.29 is 9.53 Å². The number of nitrogens with one attached hydrogen (secondary N) is 2. The minimum Gasteiger partial charge on any atom is -0.481 e. The zero-order chi connectivity index (χ0) is 11.8. The smallest absolute Gasteiger partial charge is 0.216 e. The van der Waals surface area contributed by atoms with Crippen LogP contribution in [-0.2, 0) is 11.3 Å². The van der Waals surface area contributed by atoms with Crippen LogP contribution in [0.1, 0.15) is 12.6 Å². The normalized spacial score (nSPS) is 9.88. The molecule has 5 nitrogen and oxygen atoms in total. The highest BCUT2D eigenvalue weighted by Gasteiger charge is 1.97. The van der Waals surface area contributed by atoms with Gasteiger partial charge in [-0.1, -0.05) is 6.07 Å². The van der Waals surface area contributed by atoms with Crippen molar-refractivity contribution in [3.05, 3.63) is 23.9 Å². The van der Waals surface area contributed by atoms with Crippen LogP contribution in [0.2, 0.25) is 0 Å². The Balaban J connectivity index is 2.23. The molecule has 0 unspecified atom stereocenters. The number of hydrogen-bond acceptors (Lipinski definition) is 4. The number of amides is 1. The maximum atomic E-state index is 10.6. The Bertz CT molecular complexity index is 342. The summed E-state index contributed by atoms with van der Waals surface area (Å²) in [6.45, 7) is 3.51. The second-order valence-corrected chi connectivity index (χ2v) is 3.33. The van der Waals surface area contributed by atoms with E-state index in [1.54, 1.807) is 13.2 Å². The second-order valence-electron chi connectivity index (χ2n) is 3.33. The molecule has 0 spiro atoms. The van der Waals surface area contributed by atoms with Gasteiger partial charge >= 0.3 is 0 Å². The highest BCUT2D eigenvalue weighted by molar-refractivity contribution is 5.72. The standard InChI is InChI=1S/C11H17N3O2/c1-9(15)13-7-6-12-8-10-4-3-5-11(14-10)16-2/h3-5,12H,6-8H2,1-2H3,(H,13,15). The molecule has 88 valence electrons. The Labute approximate surface area is 95.2 Å². The van der Waals surface area contributed by atoms with E-state index in [2.05, 4.69) is 15.6 Å². The second kappa shape index (κ2) is 6.79. The largest absolute Gasteiger partial charge is 0.481 e. The van der Waals surface area contributed by atoms with Gasteiger partial charge in [-0.05, 0) is 6.07 Å². The molecule has 1 amide bonds. The molecule has 1 aromatic rings. The van der Waals surface area contributed by atoms with Gasteiger partial charge in [0.1, 0.15) is 0 Å². The lowest BCUT2D eigenvalue weighted by molar-refractivity contribution is -0.118. The van der Waals surface area contributed by atoms with Gasteiger partial charge in [0.2, 0.25) is 11.8 Å². The highest BCUT2D eigenvalue weighted by Crippen LogP contribution is 2.05. The average Bonchev–Trinajstić information content (AvgIpc) is 2.28. The zero-order valence-electron chi connectivity index (χ0n) is 9.62. The zero-order valence-corrected chi connectivity index (χ0v) is 9.62. The van der Waals surface area contributed by atoms with Gasteiger partial charge in [0, 0.05) is 32.6 Å². The molecule has 0 bridgehead atoms. The molecule has 0 fully saturated rings. The van der Waals surface area contributed by atoms with E-state index in [9.17, 15) is 4.79 Å². The molecule has 1 rings (SSSR count). The number of nitrogens with zero attached hydrogens (tertiary/aromatic N) is 1. The fourth-order valence-corrected chi connectivity index (χ4v) is 1.21. The van der Waals surface area contributed by atoms with Gasteiger partial charge in [0.05, 0.1) is 12.8 Å². The first-order valence-electron chi connectivity index (χ1n) is 5.17. The molecule has 16 heavy (non-hydrogen) atoms. The first kappa shape index (κ1) is 12.4. The lowest BCUT2D eigenvalue weighted by atomic mass is 10.3. The maximum absolute atomic E-state index is 10.6. The van der Waals surface area contributed by atoms with Crippen LogP contribution in [0.15, 0.2) is 18.2 Å². The van der Waals surface area contributed by atoms with Crippen molar-refractivity contribution >= 4 is 5.91 Å². The van der Waals surface area contributed by atoms with Crippen molar-refractivity contribution in [2.75, 3.05) is 20.2 Å². The van der Waals surface area contributed by atoms with Gasteiger partial charge < -0.3 is 15.4 Å². The van der Waals surface area contributed by atoms with Crippen LogP contribution < -0.4 is 15.4 Å². The predicted octanol–water partition coefficient (Wildman–Crippen LogP) is 0.316. The molecule has 0 saturated heterocycles. The third kappa shape index (κ3) is 4.75. The summed E-state index contributed by atoms with van der Waals surface area (Å²) in [5.41, 5.74) is 0.919. The van der Waals surface area contributed by atoms with Gasteiger partial charge in [-0.2, -0.15) is 0 Å². The van der Waals surface area contributed by atoms with Crippen molar-refractivity contribution in [1.82, 2.24) is 15.6 Å². The maximum Gasteiger partial charge on any atom is 0.216 e. The van der Waals surface area contributed by atoms with E-state index in [4.69, 9.17) is 4.74 Å². The van der Waals surface area contributed by atoms with Crippen LogP contribution in [0.4, 0.5) is 0 Å². The van der Waals surface area contributed by atoms with Crippen molar-refractivity contribution in [2.45, 2.75) is 13.5 Å². The number of rotatable bonds is 6. The fraction of sp³-hybridized carbons (Fsp3) is 0.455. The summed E-state index contributed by atoms with van der Waals surface area (Å²) in [4.78, 5) is 14.8. The Hall–Kier alpha value is -1.62. The summed E-state index contributed by atoms with van der Waals surface area (Å²) < 4.78 is 5.02. The number of carbonyl (C=O) groups is 1. The molecular weight excluding hydrogens is 206 g/mol. The van der Waals surface area contributed by atoms with E-state index in [-0.39, 0.29) is 5.91 Å². The summed E-state index contributed by atoms with van der Waals surface area (Å²) in [5, 5.41) is 5.88. The van der Waals surface area contributed by atoms with Crippen LogP contribution in [0, 0.1) is 0 Å². The Kier molecular flexibility index (Phi) is 5.28. The Morgan fingerprint density at radius 2 is 2.25 bits per heavy atom. The Morgan fingerprint density at radius 1 is 1.44 bits per heavy atom. The van der Waals surface area contributed by atoms with Crippen molar-refractivity contribution in [2.24, 2.45) is 0 Å². The number of methoxy groups -OCH3 is 1. The molecular formula is C11H17N3O2. The van der Waals surface area contributed by atoms with Crippen LogP contribution in [-0.4, -0.2) is 31.1 Å². The van der Waals surface area contributed by atoms with E-state index in [1.807, 2.05) is 12.1 Å². The van der Waals surface area contributed by atoms with Crippen molar-refractivity contribution in [3.63, 3.8) is 0 Å². The Morgan fingerprint density at radius 3 is 2.94 bits per heavy atom. The molecule has 5 heteroatoms. The average molecular weight is 223 g/mol. The molecule has 1 heterocycles. The number of hydrogen-bond donors (Lipinski definition) is 2.